The summed E-state index contributed by atoms with van der Waals surface area (Å²) >= 11 is 0. The van der Waals surface area contributed by atoms with E-state index in [9.17, 15) is 0 Å². The maximum Gasteiger partial charge on any atom is 0.0397 e. The van der Waals surface area contributed by atoms with Crippen LogP contribution in [0.2, 0.25) is 0 Å². The molecule has 3 nitrogen and oxygen atoms in total. The van der Waals surface area contributed by atoms with Gasteiger partial charge in [-0.25, -0.2) is 0 Å². The predicted molar refractivity (Wildman–Crippen MR) is 87.4 cm³/mol. The van der Waals surface area contributed by atoms with Crippen LogP contribution < -0.4 is 10.6 Å². The first-order valence-corrected chi connectivity index (χ1v) is 7.87. The first-order valence-electron chi connectivity index (χ1n) is 7.87. The number of nitrogens with zero attached hydrogens (tertiary/aromatic N) is 2. The molecule has 1 aromatic carbocycles. The molecule has 3 heteroatoms. The number of benzene rings is 1. The second kappa shape index (κ2) is 7.09. The summed E-state index contributed by atoms with van der Waals surface area (Å²) in [5, 5.41) is 0. The van der Waals surface area contributed by atoms with Crippen LogP contribution in [0.3, 0.4) is 0 Å². The maximum atomic E-state index is 5.63. The lowest BCUT2D eigenvalue weighted by molar-refractivity contribution is 0.231. The normalized spacial score (nSPS) is 16.9. The van der Waals surface area contributed by atoms with E-state index >= 15 is 0 Å². The highest BCUT2D eigenvalue weighted by atomic mass is 15.3. The van der Waals surface area contributed by atoms with Gasteiger partial charge < -0.3 is 10.6 Å². The van der Waals surface area contributed by atoms with Gasteiger partial charge in [0.05, 0.1) is 0 Å². The Morgan fingerprint density at radius 3 is 2.40 bits per heavy atom. The van der Waals surface area contributed by atoms with Crippen LogP contribution in [0.15, 0.2) is 18.2 Å². The molecule has 112 valence electrons. The van der Waals surface area contributed by atoms with Crippen LogP contribution in [0, 0.1) is 12.8 Å². The smallest absolute Gasteiger partial charge is 0.0397 e. The largest absolute Gasteiger partial charge is 0.369 e. The second-order valence-corrected chi connectivity index (χ2v) is 6.34. The van der Waals surface area contributed by atoms with E-state index in [1.807, 2.05) is 0 Å². The van der Waals surface area contributed by atoms with E-state index in [1.165, 1.54) is 36.4 Å². The fourth-order valence-electron chi connectivity index (χ4n) is 3.08. The summed E-state index contributed by atoms with van der Waals surface area (Å²) in [6, 6.07) is 6.80. The van der Waals surface area contributed by atoms with Gasteiger partial charge in [-0.1, -0.05) is 26.0 Å². The van der Waals surface area contributed by atoms with Gasteiger partial charge in [-0.15, -0.1) is 0 Å². The molecule has 0 atom stereocenters. The zero-order chi connectivity index (χ0) is 14.5. The minimum atomic E-state index is 0.729. The van der Waals surface area contributed by atoms with Crippen molar-refractivity contribution in [3.63, 3.8) is 0 Å². The van der Waals surface area contributed by atoms with E-state index in [1.54, 1.807) is 0 Å². The topological polar surface area (TPSA) is 32.5 Å². The summed E-state index contributed by atoms with van der Waals surface area (Å²) in [5.41, 5.74) is 9.77. The van der Waals surface area contributed by atoms with Gasteiger partial charge >= 0.3 is 0 Å². The van der Waals surface area contributed by atoms with Crippen molar-refractivity contribution >= 4 is 5.69 Å². The Morgan fingerprint density at radius 2 is 1.85 bits per heavy atom. The van der Waals surface area contributed by atoms with E-state index in [-0.39, 0.29) is 0 Å². The molecular formula is C17H29N3. The highest BCUT2D eigenvalue weighted by Crippen LogP contribution is 2.23. The fourth-order valence-corrected chi connectivity index (χ4v) is 3.08. The molecular weight excluding hydrogens is 246 g/mol. The molecule has 0 saturated carbocycles. The quantitative estimate of drug-likeness (QED) is 0.895. The van der Waals surface area contributed by atoms with Crippen LogP contribution in [-0.2, 0) is 6.42 Å². The minimum Gasteiger partial charge on any atom is -0.369 e. The second-order valence-electron chi connectivity index (χ2n) is 6.34. The van der Waals surface area contributed by atoms with E-state index in [4.69, 9.17) is 5.73 Å². The van der Waals surface area contributed by atoms with Crippen molar-refractivity contribution in [1.29, 1.82) is 0 Å². The summed E-state index contributed by atoms with van der Waals surface area (Å²) in [7, 11) is 0. The number of anilines is 1. The molecule has 1 aromatic rings. The molecule has 1 aliphatic rings. The third kappa shape index (κ3) is 3.97. The van der Waals surface area contributed by atoms with Gasteiger partial charge in [-0.05, 0) is 43.0 Å². The molecule has 20 heavy (non-hydrogen) atoms. The van der Waals surface area contributed by atoms with Crippen molar-refractivity contribution in [1.82, 2.24) is 4.90 Å². The molecule has 0 aromatic heterocycles. The predicted octanol–water partition coefficient (Wildman–Crippen LogP) is 2.27. The maximum absolute atomic E-state index is 5.63. The molecule has 1 heterocycles. The fraction of sp³-hybridized carbons (Fsp3) is 0.647. The summed E-state index contributed by atoms with van der Waals surface area (Å²) in [6.07, 6.45) is 0.975. The van der Waals surface area contributed by atoms with Crippen LogP contribution >= 0.6 is 0 Å². The first-order chi connectivity index (χ1) is 9.60. The average molecular weight is 275 g/mol. The van der Waals surface area contributed by atoms with Gasteiger partial charge in [0.1, 0.15) is 0 Å². The van der Waals surface area contributed by atoms with Crippen molar-refractivity contribution < 1.29 is 0 Å². The molecule has 1 fully saturated rings. The Morgan fingerprint density at radius 1 is 1.15 bits per heavy atom. The number of piperazine rings is 1. The number of hydrogen-bond acceptors (Lipinski definition) is 3. The highest BCUT2D eigenvalue weighted by molar-refractivity contribution is 5.54. The van der Waals surface area contributed by atoms with Crippen molar-refractivity contribution in [3.8, 4) is 0 Å². The van der Waals surface area contributed by atoms with Crippen molar-refractivity contribution in [2.45, 2.75) is 27.2 Å². The van der Waals surface area contributed by atoms with Crippen LogP contribution in [0.5, 0.6) is 0 Å². The van der Waals surface area contributed by atoms with E-state index in [0.29, 0.717) is 0 Å². The zero-order valence-corrected chi connectivity index (χ0v) is 13.2. The zero-order valence-electron chi connectivity index (χ0n) is 13.2. The van der Waals surface area contributed by atoms with Crippen molar-refractivity contribution in [3.05, 3.63) is 29.3 Å². The van der Waals surface area contributed by atoms with Crippen molar-refractivity contribution in [2.24, 2.45) is 11.7 Å². The lowest BCUT2D eigenvalue weighted by atomic mass is 10.1. The lowest BCUT2D eigenvalue weighted by Gasteiger charge is -2.37. The number of nitrogens with two attached hydrogens (primary N) is 1. The Balaban J connectivity index is 1.96. The van der Waals surface area contributed by atoms with E-state index in [2.05, 4.69) is 48.8 Å². The average Bonchev–Trinajstić information content (AvgIpc) is 2.40. The Kier molecular flexibility index (Phi) is 5.44. The Hall–Kier alpha value is -1.06. The summed E-state index contributed by atoms with van der Waals surface area (Å²) in [5.74, 6) is 0.763. The Labute approximate surface area is 123 Å². The van der Waals surface area contributed by atoms with Gasteiger partial charge in [-0.3, -0.25) is 4.90 Å². The van der Waals surface area contributed by atoms with Crippen molar-refractivity contribution in [2.75, 3.05) is 44.2 Å². The van der Waals surface area contributed by atoms with E-state index < -0.39 is 0 Å². The van der Waals surface area contributed by atoms with Gasteiger partial charge in [-0.2, -0.15) is 0 Å². The number of aryl methyl sites for hydroxylation is 1. The molecule has 0 spiro atoms. The molecule has 0 amide bonds. The van der Waals surface area contributed by atoms with Gasteiger partial charge in [0.2, 0.25) is 0 Å². The number of rotatable bonds is 5. The summed E-state index contributed by atoms with van der Waals surface area (Å²) < 4.78 is 0. The van der Waals surface area contributed by atoms with Gasteiger partial charge in [0.15, 0.2) is 0 Å². The molecule has 1 saturated heterocycles. The lowest BCUT2D eigenvalue weighted by Crippen LogP contribution is -2.47. The Bertz CT molecular complexity index is 420. The molecule has 0 bridgehead atoms. The standard InChI is InChI=1S/C17H29N3/c1-14(2)13-19-8-10-20(11-9-19)17-5-4-16(6-7-18)12-15(17)3/h4-5,12,14H,6-11,13,18H2,1-3H3. The van der Waals surface area contributed by atoms with Crippen LogP contribution in [0.1, 0.15) is 25.0 Å². The van der Waals surface area contributed by atoms with E-state index in [0.717, 1.165) is 32.0 Å². The van der Waals surface area contributed by atoms with Gasteiger partial charge in [0.25, 0.3) is 0 Å². The summed E-state index contributed by atoms with van der Waals surface area (Å²) in [4.78, 5) is 5.11. The minimum absolute atomic E-state index is 0.729. The van der Waals surface area contributed by atoms with Crippen LogP contribution in [0.4, 0.5) is 5.69 Å². The molecule has 0 unspecified atom stereocenters. The monoisotopic (exact) mass is 275 g/mol. The van der Waals surface area contributed by atoms with Crippen LogP contribution in [-0.4, -0.2) is 44.2 Å². The van der Waals surface area contributed by atoms with Crippen LogP contribution in [0.25, 0.3) is 0 Å². The summed E-state index contributed by atoms with van der Waals surface area (Å²) in [6.45, 7) is 13.4. The molecule has 0 radical (unpaired) electrons. The molecule has 1 aliphatic heterocycles. The third-order valence-corrected chi connectivity index (χ3v) is 4.03. The van der Waals surface area contributed by atoms with Gasteiger partial charge in [0, 0.05) is 38.4 Å². The SMILES string of the molecule is Cc1cc(CCN)ccc1N1CCN(CC(C)C)CC1. The molecule has 0 aliphatic carbocycles. The molecule has 2 rings (SSSR count). The first kappa shape index (κ1) is 15.3. The molecule has 2 N–H and O–H groups in total. The highest BCUT2D eigenvalue weighted by Gasteiger charge is 2.18. The third-order valence-electron chi connectivity index (χ3n) is 4.03. The number of hydrogen-bond donors (Lipinski definition) is 1.